The molecule has 0 aromatic heterocycles. The van der Waals surface area contributed by atoms with Crippen LogP contribution in [0.3, 0.4) is 0 Å². The maximum absolute atomic E-state index is 12.0. The SMILES string of the molecule is CC(C)(C)Sc1ccc(NC(=O)C2CC(O)CN2)cc1.Cl. The van der Waals surface area contributed by atoms with Gasteiger partial charge in [0.2, 0.25) is 5.91 Å². The van der Waals surface area contributed by atoms with Crippen molar-refractivity contribution in [2.75, 3.05) is 11.9 Å². The molecule has 21 heavy (non-hydrogen) atoms. The van der Waals surface area contributed by atoms with E-state index in [0.29, 0.717) is 13.0 Å². The Bertz CT molecular complexity index is 474. The Labute approximate surface area is 136 Å². The second kappa shape index (κ2) is 7.49. The average Bonchev–Trinajstić information content (AvgIpc) is 2.77. The first-order chi connectivity index (χ1) is 9.33. The standard InChI is InChI=1S/C15H22N2O2S.ClH/c1-15(2,3)20-12-6-4-10(5-7-12)17-14(19)13-8-11(18)9-16-13;/h4-7,11,13,16,18H,8-9H2,1-3H3,(H,17,19);1H. The lowest BCUT2D eigenvalue weighted by Crippen LogP contribution is -2.35. The van der Waals surface area contributed by atoms with Crippen molar-refractivity contribution in [2.45, 2.75) is 49.0 Å². The maximum Gasteiger partial charge on any atom is 0.241 e. The largest absolute Gasteiger partial charge is 0.392 e. The zero-order valence-electron chi connectivity index (χ0n) is 12.6. The van der Waals surface area contributed by atoms with Crippen molar-refractivity contribution in [3.63, 3.8) is 0 Å². The second-order valence-corrected chi connectivity index (χ2v) is 7.98. The van der Waals surface area contributed by atoms with Gasteiger partial charge < -0.3 is 15.7 Å². The van der Waals surface area contributed by atoms with E-state index in [2.05, 4.69) is 31.4 Å². The van der Waals surface area contributed by atoms with E-state index in [4.69, 9.17) is 0 Å². The van der Waals surface area contributed by atoms with Gasteiger partial charge >= 0.3 is 0 Å². The number of hydrogen-bond donors (Lipinski definition) is 3. The van der Waals surface area contributed by atoms with Gasteiger partial charge in [0.05, 0.1) is 12.1 Å². The van der Waals surface area contributed by atoms with Crippen molar-refractivity contribution in [1.29, 1.82) is 0 Å². The highest BCUT2D eigenvalue weighted by Crippen LogP contribution is 2.32. The van der Waals surface area contributed by atoms with E-state index in [1.54, 1.807) is 11.8 Å². The minimum Gasteiger partial charge on any atom is -0.392 e. The predicted octanol–water partition coefficient (Wildman–Crippen LogP) is 2.66. The number of aliphatic hydroxyl groups is 1. The molecule has 0 radical (unpaired) electrons. The highest BCUT2D eigenvalue weighted by atomic mass is 35.5. The third-order valence-electron chi connectivity index (χ3n) is 2.97. The van der Waals surface area contributed by atoms with Crippen LogP contribution in [0.1, 0.15) is 27.2 Å². The molecule has 2 atom stereocenters. The lowest BCUT2D eigenvalue weighted by atomic mass is 10.2. The molecule has 1 aliphatic rings. The minimum atomic E-state index is -0.420. The third-order valence-corrected chi connectivity index (χ3v) is 4.09. The maximum atomic E-state index is 12.0. The highest BCUT2D eigenvalue weighted by Gasteiger charge is 2.27. The van der Waals surface area contributed by atoms with Gasteiger partial charge in [0.15, 0.2) is 0 Å². The van der Waals surface area contributed by atoms with Crippen molar-refractivity contribution < 1.29 is 9.90 Å². The van der Waals surface area contributed by atoms with Crippen LogP contribution in [0.15, 0.2) is 29.2 Å². The second-order valence-electron chi connectivity index (χ2n) is 6.08. The molecule has 1 fully saturated rings. The molecule has 1 aliphatic heterocycles. The van der Waals surface area contributed by atoms with E-state index >= 15 is 0 Å². The predicted molar refractivity (Wildman–Crippen MR) is 90.3 cm³/mol. The molecule has 2 unspecified atom stereocenters. The van der Waals surface area contributed by atoms with Crippen LogP contribution < -0.4 is 10.6 Å². The summed E-state index contributed by atoms with van der Waals surface area (Å²) >= 11 is 1.80. The number of thioether (sulfide) groups is 1. The van der Waals surface area contributed by atoms with Gasteiger partial charge in [-0.25, -0.2) is 0 Å². The zero-order valence-corrected chi connectivity index (χ0v) is 14.2. The number of nitrogens with one attached hydrogen (secondary N) is 2. The summed E-state index contributed by atoms with van der Waals surface area (Å²) in [5, 5.41) is 15.3. The topological polar surface area (TPSA) is 61.4 Å². The van der Waals surface area contributed by atoms with Gasteiger partial charge in [-0.05, 0) is 30.7 Å². The molecule has 3 N–H and O–H groups in total. The van der Waals surface area contributed by atoms with Gasteiger partial charge in [0.1, 0.15) is 0 Å². The van der Waals surface area contributed by atoms with E-state index in [0.717, 1.165) is 5.69 Å². The van der Waals surface area contributed by atoms with E-state index in [9.17, 15) is 9.90 Å². The fourth-order valence-electron chi connectivity index (χ4n) is 2.11. The van der Waals surface area contributed by atoms with Gasteiger partial charge in [-0.2, -0.15) is 0 Å². The Morgan fingerprint density at radius 3 is 2.43 bits per heavy atom. The van der Waals surface area contributed by atoms with Crippen molar-refractivity contribution in [3.8, 4) is 0 Å². The molecule has 1 saturated heterocycles. The summed E-state index contributed by atoms with van der Waals surface area (Å²) in [6, 6.07) is 7.56. The molecule has 1 heterocycles. The van der Waals surface area contributed by atoms with Gasteiger partial charge in [-0.15, -0.1) is 24.2 Å². The Hall–Kier alpha value is -0.750. The minimum absolute atomic E-state index is 0. The number of carbonyl (C=O) groups excluding carboxylic acids is 1. The molecule has 118 valence electrons. The molecule has 0 aliphatic carbocycles. The third kappa shape index (κ3) is 5.87. The Kier molecular flexibility index (Phi) is 6.53. The van der Waals surface area contributed by atoms with Gasteiger partial charge in [0, 0.05) is 21.9 Å². The zero-order chi connectivity index (χ0) is 14.8. The number of hydrogen-bond acceptors (Lipinski definition) is 4. The summed E-state index contributed by atoms with van der Waals surface area (Å²) in [6.07, 6.45) is 0.0559. The molecule has 1 aromatic rings. The van der Waals surface area contributed by atoms with E-state index in [1.807, 2.05) is 24.3 Å². The fraction of sp³-hybridized carbons (Fsp3) is 0.533. The van der Waals surface area contributed by atoms with Crippen molar-refractivity contribution in [1.82, 2.24) is 5.32 Å². The van der Waals surface area contributed by atoms with E-state index in [-0.39, 0.29) is 29.1 Å². The van der Waals surface area contributed by atoms with Crippen LogP contribution in [-0.4, -0.2) is 34.5 Å². The van der Waals surface area contributed by atoms with Gasteiger partial charge in [-0.3, -0.25) is 4.79 Å². The van der Waals surface area contributed by atoms with Crippen LogP contribution in [-0.2, 0) is 4.79 Å². The number of benzene rings is 1. The number of aliphatic hydroxyl groups excluding tert-OH is 1. The first-order valence-electron chi connectivity index (χ1n) is 6.85. The molecule has 0 spiro atoms. The molecule has 1 aromatic carbocycles. The molecule has 2 rings (SSSR count). The monoisotopic (exact) mass is 330 g/mol. The van der Waals surface area contributed by atoms with Crippen LogP contribution in [0.25, 0.3) is 0 Å². The van der Waals surface area contributed by atoms with E-state index in [1.165, 1.54) is 4.90 Å². The Morgan fingerprint density at radius 1 is 1.33 bits per heavy atom. The normalized spacial score (nSPS) is 21.7. The molecule has 0 bridgehead atoms. The highest BCUT2D eigenvalue weighted by molar-refractivity contribution is 8.00. The first-order valence-corrected chi connectivity index (χ1v) is 7.66. The lowest BCUT2D eigenvalue weighted by molar-refractivity contribution is -0.117. The van der Waals surface area contributed by atoms with Crippen LogP contribution in [0.2, 0.25) is 0 Å². The van der Waals surface area contributed by atoms with Crippen LogP contribution in [0.4, 0.5) is 5.69 Å². The quantitative estimate of drug-likeness (QED) is 0.746. The number of amides is 1. The Balaban J connectivity index is 0.00000220. The summed E-state index contributed by atoms with van der Waals surface area (Å²) in [7, 11) is 0. The van der Waals surface area contributed by atoms with Crippen LogP contribution in [0, 0.1) is 0 Å². The molecular weight excluding hydrogens is 308 g/mol. The van der Waals surface area contributed by atoms with E-state index < -0.39 is 6.10 Å². The van der Waals surface area contributed by atoms with Gasteiger partial charge in [0.25, 0.3) is 0 Å². The van der Waals surface area contributed by atoms with Crippen LogP contribution >= 0.6 is 24.2 Å². The fourth-order valence-corrected chi connectivity index (χ4v) is 3.09. The Morgan fingerprint density at radius 2 is 1.95 bits per heavy atom. The van der Waals surface area contributed by atoms with Crippen LogP contribution in [0.5, 0.6) is 0 Å². The molecular formula is C15H23ClN2O2S. The summed E-state index contributed by atoms with van der Waals surface area (Å²) in [5.74, 6) is -0.0854. The number of anilines is 1. The number of halogens is 1. The average molecular weight is 331 g/mol. The number of rotatable bonds is 3. The lowest BCUT2D eigenvalue weighted by Gasteiger charge is -2.17. The first kappa shape index (κ1) is 18.3. The summed E-state index contributed by atoms with van der Waals surface area (Å²) in [6.45, 7) is 7.00. The smallest absolute Gasteiger partial charge is 0.241 e. The van der Waals surface area contributed by atoms with Gasteiger partial charge in [-0.1, -0.05) is 20.8 Å². The number of carbonyl (C=O) groups is 1. The molecule has 4 nitrogen and oxygen atoms in total. The van der Waals surface area contributed by atoms with Crippen molar-refractivity contribution in [2.24, 2.45) is 0 Å². The van der Waals surface area contributed by atoms with Crippen molar-refractivity contribution >= 4 is 35.8 Å². The molecule has 1 amide bonds. The number of β-amino-alcohol motifs (C(OH)–C–C–N with tert-alkyl or cyclic N) is 1. The molecule has 0 saturated carbocycles. The molecule has 6 heteroatoms. The van der Waals surface area contributed by atoms with Crippen molar-refractivity contribution in [3.05, 3.63) is 24.3 Å². The summed E-state index contributed by atoms with van der Waals surface area (Å²) < 4.78 is 0.175. The summed E-state index contributed by atoms with van der Waals surface area (Å²) in [5.41, 5.74) is 0.788. The summed E-state index contributed by atoms with van der Waals surface area (Å²) in [4.78, 5) is 13.2.